The van der Waals surface area contributed by atoms with Gasteiger partial charge in [-0.05, 0) is 11.3 Å². The summed E-state index contributed by atoms with van der Waals surface area (Å²) in [6, 6.07) is 0. The Kier molecular flexibility index (Phi) is 2.82. The molecule has 0 saturated heterocycles. The topological polar surface area (TPSA) is 31.9 Å². The van der Waals surface area contributed by atoms with Crippen molar-refractivity contribution in [2.75, 3.05) is 6.54 Å². The quantitative estimate of drug-likeness (QED) is 0.832. The predicted molar refractivity (Wildman–Crippen MR) is 66.2 cm³/mol. The number of nitrogens with one attached hydrogen (secondary N) is 1. The van der Waals surface area contributed by atoms with Crippen LogP contribution in [0.4, 0.5) is 0 Å². The van der Waals surface area contributed by atoms with E-state index in [1.54, 1.807) is 0 Å². The Balaban J connectivity index is 2.10. The molecule has 2 heterocycles. The van der Waals surface area contributed by atoms with Gasteiger partial charge in [-0.2, -0.15) is 5.10 Å². The van der Waals surface area contributed by atoms with Gasteiger partial charge in [-0.1, -0.05) is 34.6 Å². The highest BCUT2D eigenvalue weighted by Crippen LogP contribution is 2.30. The fraction of sp³-hybridized carbons (Fsp3) is 0.769. The molecule has 0 spiro atoms. The van der Waals surface area contributed by atoms with Gasteiger partial charge in [0, 0.05) is 25.2 Å². The van der Waals surface area contributed by atoms with Gasteiger partial charge in [-0.25, -0.2) is 0 Å². The molecule has 3 nitrogen and oxygen atoms in total. The fourth-order valence-electron chi connectivity index (χ4n) is 2.49. The fourth-order valence-corrected chi connectivity index (χ4v) is 2.49. The number of aromatic nitrogens is 2. The summed E-state index contributed by atoms with van der Waals surface area (Å²) in [6.45, 7) is 14.5. The lowest BCUT2D eigenvalue weighted by Crippen LogP contribution is -2.28. The van der Waals surface area contributed by atoms with Crippen LogP contribution in [0.15, 0.2) is 0 Å². The Hall–Kier alpha value is -0.830. The third-order valence-corrected chi connectivity index (χ3v) is 2.99. The van der Waals surface area contributed by atoms with E-state index in [0.717, 1.165) is 19.6 Å². The first-order chi connectivity index (χ1) is 7.37. The maximum Gasteiger partial charge on any atom is 0.0695 e. The Morgan fingerprint density at radius 3 is 2.56 bits per heavy atom. The van der Waals surface area contributed by atoms with Crippen LogP contribution in [0.3, 0.4) is 0 Å². The van der Waals surface area contributed by atoms with Crippen molar-refractivity contribution in [1.29, 1.82) is 0 Å². The lowest BCUT2D eigenvalue weighted by molar-refractivity contribution is 0.191. The Labute approximate surface area is 98.2 Å². The number of fused-ring (bicyclic) bond motifs is 1. The minimum absolute atomic E-state index is 0.370. The maximum atomic E-state index is 4.42. The summed E-state index contributed by atoms with van der Waals surface area (Å²) < 4.78 is 0. The molecule has 1 N–H and O–H groups in total. The van der Waals surface area contributed by atoms with Crippen molar-refractivity contribution < 1.29 is 0 Å². The van der Waals surface area contributed by atoms with E-state index in [-0.39, 0.29) is 0 Å². The van der Waals surface area contributed by atoms with Gasteiger partial charge in [0.2, 0.25) is 0 Å². The van der Waals surface area contributed by atoms with Crippen LogP contribution in [0.1, 0.15) is 57.5 Å². The molecule has 0 saturated carbocycles. The van der Waals surface area contributed by atoms with Gasteiger partial charge in [0.25, 0.3) is 0 Å². The largest absolute Gasteiger partial charge is 0.293 e. The van der Waals surface area contributed by atoms with Gasteiger partial charge in [0.1, 0.15) is 0 Å². The molecule has 1 aliphatic rings. The normalized spacial score (nSPS) is 17.1. The smallest absolute Gasteiger partial charge is 0.0695 e. The second-order valence-electron chi connectivity index (χ2n) is 6.43. The molecule has 16 heavy (non-hydrogen) atoms. The molecule has 0 aliphatic carbocycles. The van der Waals surface area contributed by atoms with E-state index in [1.165, 1.54) is 17.0 Å². The van der Waals surface area contributed by atoms with Crippen molar-refractivity contribution in [3.05, 3.63) is 17.0 Å². The summed E-state index contributed by atoms with van der Waals surface area (Å²) in [5, 5.41) is 7.61. The summed E-state index contributed by atoms with van der Waals surface area (Å²) in [6.07, 6.45) is 0. The second-order valence-corrected chi connectivity index (χ2v) is 6.43. The van der Waals surface area contributed by atoms with E-state index in [4.69, 9.17) is 0 Å². The van der Waals surface area contributed by atoms with Crippen LogP contribution in [-0.2, 0) is 13.1 Å². The number of H-pyrrole nitrogens is 1. The van der Waals surface area contributed by atoms with E-state index in [0.29, 0.717) is 11.3 Å². The summed E-state index contributed by atoms with van der Waals surface area (Å²) in [7, 11) is 0. The molecule has 0 radical (unpaired) electrons. The molecule has 0 aromatic carbocycles. The molecular weight excluding hydrogens is 198 g/mol. The molecule has 1 aliphatic heterocycles. The van der Waals surface area contributed by atoms with Crippen molar-refractivity contribution >= 4 is 0 Å². The zero-order chi connectivity index (χ0) is 11.9. The first kappa shape index (κ1) is 11.6. The van der Waals surface area contributed by atoms with Gasteiger partial charge < -0.3 is 0 Å². The predicted octanol–water partition coefficient (Wildman–Crippen LogP) is 2.89. The number of nitrogens with zero attached hydrogens (tertiary/aromatic N) is 2. The average Bonchev–Trinajstić information content (AvgIpc) is 2.57. The van der Waals surface area contributed by atoms with Gasteiger partial charge >= 0.3 is 0 Å². The summed E-state index contributed by atoms with van der Waals surface area (Å²) in [5.41, 5.74) is 4.40. The van der Waals surface area contributed by atoms with Gasteiger partial charge in [-0.3, -0.25) is 10.00 Å². The highest BCUT2D eigenvalue weighted by atomic mass is 15.2. The maximum absolute atomic E-state index is 4.42. The van der Waals surface area contributed by atoms with Crippen LogP contribution in [0.2, 0.25) is 0 Å². The molecule has 0 unspecified atom stereocenters. The number of aromatic amines is 1. The van der Waals surface area contributed by atoms with Crippen LogP contribution in [0.5, 0.6) is 0 Å². The number of hydrogen-bond acceptors (Lipinski definition) is 2. The summed E-state index contributed by atoms with van der Waals surface area (Å²) in [5.74, 6) is 0.523. The Bertz CT molecular complexity index is 371. The number of rotatable bonds is 2. The van der Waals surface area contributed by atoms with Crippen LogP contribution >= 0.6 is 0 Å². The molecule has 0 fully saturated rings. The van der Waals surface area contributed by atoms with Gasteiger partial charge in [0.05, 0.1) is 11.4 Å². The van der Waals surface area contributed by atoms with E-state index < -0.39 is 0 Å². The molecule has 0 bridgehead atoms. The molecular formula is C13H23N3. The molecule has 1 aromatic heterocycles. The van der Waals surface area contributed by atoms with E-state index in [2.05, 4.69) is 49.7 Å². The molecule has 0 atom stereocenters. The summed E-state index contributed by atoms with van der Waals surface area (Å²) in [4.78, 5) is 2.51. The van der Waals surface area contributed by atoms with Crippen molar-refractivity contribution in [2.24, 2.45) is 5.41 Å². The van der Waals surface area contributed by atoms with Crippen molar-refractivity contribution in [3.63, 3.8) is 0 Å². The molecule has 3 heteroatoms. The molecule has 90 valence electrons. The lowest BCUT2D eigenvalue weighted by atomic mass is 9.96. The van der Waals surface area contributed by atoms with Crippen molar-refractivity contribution in [3.8, 4) is 0 Å². The highest BCUT2D eigenvalue weighted by Gasteiger charge is 2.28. The Morgan fingerprint density at radius 2 is 2.00 bits per heavy atom. The summed E-state index contributed by atoms with van der Waals surface area (Å²) >= 11 is 0. The average molecular weight is 221 g/mol. The SMILES string of the molecule is CC(C)c1n[nH]c2c1CN(CC(C)(C)C)C2. The minimum atomic E-state index is 0.370. The van der Waals surface area contributed by atoms with Gasteiger partial charge in [-0.15, -0.1) is 0 Å². The zero-order valence-corrected chi connectivity index (χ0v) is 11.1. The van der Waals surface area contributed by atoms with Crippen molar-refractivity contribution in [1.82, 2.24) is 15.1 Å². The monoisotopic (exact) mass is 221 g/mol. The molecule has 1 aromatic rings. The first-order valence-corrected chi connectivity index (χ1v) is 6.15. The third kappa shape index (κ3) is 2.29. The first-order valence-electron chi connectivity index (χ1n) is 6.15. The van der Waals surface area contributed by atoms with Crippen LogP contribution in [-0.4, -0.2) is 21.6 Å². The van der Waals surface area contributed by atoms with Crippen LogP contribution in [0, 0.1) is 5.41 Å². The lowest BCUT2D eigenvalue weighted by Gasteiger charge is -2.25. The van der Waals surface area contributed by atoms with E-state index in [9.17, 15) is 0 Å². The second kappa shape index (κ2) is 3.88. The van der Waals surface area contributed by atoms with Crippen LogP contribution in [0.25, 0.3) is 0 Å². The van der Waals surface area contributed by atoms with E-state index in [1.807, 2.05) is 0 Å². The zero-order valence-electron chi connectivity index (χ0n) is 11.1. The van der Waals surface area contributed by atoms with Gasteiger partial charge in [0.15, 0.2) is 0 Å². The van der Waals surface area contributed by atoms with E-state index >= 15 is 0 Å². The minimum Gasteiger partial charge on any atom is -0.293 e. The van der Waals surface area contributed by atoms with Crippen LogP contribution < -0.4 is 0 Å². The molecule has 2 rings (SSSR count). The molecule has 0 amide bonds. The third-order valence-electron chi connectivity index (χ3n) is 2.99. The highest BCUT2D eigenvalue weighted by molar-refractivity contribution is 5.30. The van der Waals surface area contributed by atoms with Crippen molar-refractivity contribution in [2.45, 2.75) is 53.6 Å². The Morgan fingerprint density at radius 1 is 1.31 bits per heavy atom. The number of hydrogen-bond donors (Lipinski definition) is 1. The standard InChI is InChI=1S/C13H23N3/c1-9(2)12-10-6-16(8-13(3,4)5)7-11(10)14-15-12/h9H,6-8H2,1-5H3,(H,14,15).